The van der Waals surface area contributed by atoms with Crippen LogP contribution in [0, 0.1) is 5.82 Å². The molecule has 0 aliphatic rings. The Labute approximate surface area is 116 Å². The summed E-state index contributed by atoms with van der Waals surface area (Å²) < 4.78 is 18.4. The van der Waals surface area contributed by atoms with E-state index in [0.717, 1.165) is 0 Å². The maximum absolute atomic E-state index is 13.4. The first-order valence-corrected chi connectivity index (χ1v) is 6.07. The van der Waals surface area contributed by atoms with Crippen LogP contribution in [0.3, 0.4) is 0 Å². The van der Waals surface area contributed by atoms with Gasteiger partial charge in [0.15, 0.2) is 5.78 Å². The minimum atomic E-state index is -0.394. The van der Waals surface area contributed by atoms with Gasteiger partial charge in [-0.15, -0.1) is 0 Å². The summed E-state index contributed by atoms with van der Waals surface area (Å²) in [5.74, 6) is -0.0548. The lowest BCUT2D eigenvalue weighted by Crippen LogP contribution is -2.15. The SMILES string of the molecule is COc1ccc(C(=O)CNc2ccccc2F)cc1N. The van der Waals surface area contributed by atoms with Gasteiger partial charge in [0.2, 0.25) is 0 Å². The third-order valence-electron chi connectivity index (χ3n) is 2.86. The zero-order valence-electron chi connectivity index (χ0n) is 11.0. The Balaban J connectivity index is 2.05. The lowest BCUT2D eigenvalue weighted by atomic mass is 10.1. The summed E-state index contributed by atoms with van der Waals surface area (Å²) in [6.07, 6.45) is 0. The molecular formula is C15H15FN2O2. The highest BCUT2D eigenvalue weighted by molar-refractivity contribution is 6.00. The van der Waals surface area contributed by atoms with E-state index in [0.29, 0.717) is 22.7 Å². The molecule has 5 heteroatoms. The first-order chi connectivity index (χ1) is 9.61. The Bertz CT molecular complexity index is 629. The highest BCUT2D eigenvalue weighted by Gasteiger charge is 2.09. The number of anilines is 2. The summed E-state index contributed by atoms with van der Waals surface area (Å²) in [5.41, 5.74) is 6.88. The monoisotopic (exact) mass is 274 g/mol. The largest absolute Gasteiger partial charge is 0.495 e. The van der Waals surface area contributed by atoms with Crippen molar-refractivity contribution in [2.75, 3.05) is 24.7 Å². The second kappa shape index (κ2) is 6.06. The van der Waals surface area contributed by atoms with Gasteiger partial charge in [-0.05, 0) is 30.3 Å². The number of carbonyl (C=O) groups excluding carboxylic acids is 1. The molecule has 0 unspecified atom stereocenters. The van der Waals surface area contributed by atoms with E-state index in [1.165, 1.54) is 13.2 Å². The van der Waals surface area contributed by atoms with E-state index < -0.39 is 5.82 Å². The summed E-state index contributed by atoms with van der Waals surface area (Å²) in [6.45, 7) is -0.00724. The molecule has 0 amide bonds. The molecule has 20 heavy (non-hydrogen) atoms. The van der Waals surface area contributed by atoms with E-state index in [1.54, 1.807) is 36.4 Å². The zero-order valence-corrected chi connectivity index (χ0v) is 11.0. The lowest BCUT2D eigenvalue weighted by molar-refractivity contribution is 0.101. The van der Waals surface area contributed by atoms with Gasteiger partial charge in [0.05, 0.1) is 25.0 Å². The molecule has 0 saturated heterocycles. The molecule has 2 rings (SSSR count). The number of hydrogen-bond donors (Lipinski definition) is 2. The fourth-order valence-electron chi connectivity index (χ4n) is 1.79. The van der Waals surface area contributed by atoms with Crippen molar-refractivity contribution >= 4 is 17.2 Å². The molecule has 0 atom stereocenters. The fourth-order valence-corrected chi connectivity index (χ4v) is 1.79. The molecule has 0 saturated carbocycles. The Morgan fingerprint density at radius 1 is 1.30 bits per heavy atom. The van der Waals surface area contributed by atoms with Gasteiger partial charge in [-0.3, -0.25) is 4.79 Å². The van der Waals surface area contributed by atoms with Gasteiger partial charge in [-0.2, -0.15) is 0 Å². The van der Waals surface area contributed by atoms with E-state index >= 15 is 0 Å². The van der Waals surface area contributed by atoms with Crippen LogP contribution in [-0.2, 0) is 0 Å². The van der Waals surface area contributed by atoms with Crippen LogP contribution in [0.4, 0.5) is 15.8 Å². The maximum Gasteiger partial charge on any atom is 0.181 e. The number of nitrogens with one attached hydrogen (secondary N) is 1. The molecule has 0 heterocycles. The van der Waals surface area contributed by atoms with Crippen LogP contribution in [0.15, 0.2) is 42.5 Å². The zero-order chi connectivity index (χ0) is 14.5. The van der Waals surface area contributed by atoms with E-state index in [2.05, 4.69) is 5.32 Å². The van der Waals surface area contributed by atoms with Crippen molar-refractivity contribution in [1.29, 1.82) is 0 Å². The number of ketones is 1. The molecule has 0 fully saturated rings. The van der Waals surface area contributed by atoms with Crippen LogP contribution in [0.1, 0.15) is 10.4 Å². The average Bonchev–Trinajstić information content (AvgIpc) is 2.46. The van der Waals surface area contributed by atoms with Crippen molar-refractivity contribution in [3.63, 3.8) is 0 Å². The molecule has 104 valence electrons. The van der Waals surface area contributed by atoms with E-state index in [-0.39, 0.29) is 12.3 Å². The van der Waals surface area contributed by atoms with Crippen molar-refractivity contribution in [1.82, 2.24) is 0 Å². The number of halogens is 1. The van der Waals surface area contributed by atoms with Gasteiger partial charge in [0.1, 0.15) is 11.6 Å². The molecule has 0 aliphatic carbocycles. The summed E-state index contributed by atoms with van der Waals surface area (Å²) in [4.78, 5) is 12.0. The Morgan fingerprint density at radius 2 is 2.05 bits per heavy atom. The van der Waals surface area contributed by atoms with E-state index in [9.17, 15) is 9.18 Å². The molecule has 2 aromatic rings. The average molecular weight is 274 g/mol. The first kappa shape index (κ1) is 13.9. The third kappa shape index (κ3) is 3.06. The van der Waals surface area contributed by atoms with Crippen molar-refractivity contribution in [2.45, 2.75) is 0 Å². The van der Waals surface area contributed by atoms with Crippen LogP contribution in [0.25, 0.3) is 0 Å². The van der Waals surface area contributed by atoms with Crippen LogP contribution in [-0.4, -0.2) is 19.4 Å². The highest BCUT2D eigenvalue weighted by Crippen LogP contribution is 2.22. The maximum atomic E-state index is 13.4. The number of nitrogens with two attached hydrogens (primary N) is 1. The molecule has 3 N–H and O–H groups in total. The number of Topliss-reactive ketones (excluding diaryl/α,β-unsaturated/α-hetero) is 1. The van der Waals surface area contributed by atoms with Crippen LogP contribution >= 0.6 is 0 Å². The van der Waals surface area contributed by atoms with E-state index in [4.69, 9.17) is 10.5 Å². The molecule has 0 radical (unpaired) electrons. The first-order valence-electron chi connectivity index (χ1n) is 6.07. The van der Waals surface area contributed by atoms with Crippen molar-refractivity contribution in [3.8, 4) is 5.75 Å². The molecule has 0 spiro atoms. The van der Waals surface area contributed by atoms with Crippen LogP contribution in [0.5, 0.6) is 5.75 Å². The van der Waals surface area contributed by atoms with E-state index in [1.807, 2.05) is 0 Å². The topological polar surface area (TPSA) is 64.3 Å². The van der Waals surface area contributed by atoms with Crippen LogP contribution < -0.4 is 15.8 Å². The van der Waals surface area contributed by atoms with Gasteiger partial charge < -0.3 is 15.8 Å². The van der Waals surface area contributed by atoms with Gasteiger partial charge in [0, 0.05) is 5.56 Å². The number of para-hydroxylation sites is 1. The quantitative estimate of drug-likeness (QED) is 0.650. The molecule has 0 aliphatic heterocycles. The number of hydrogen-bond acceptors (Lipinski definition) is 4. The summed E-state index contributed by atoms with van der Waals surface area (Å²) in [5, 5.41) is 2.76. The van der Waals surface area contributed by atoms with Gasteiger partial charge >= 0.3 is 0 Å². The number of nitrogen functional groups attached to an aromatic ring is 1. The smallest absolute Gasteiger partial charge is 0.181 e. The normalized spacial score (nSPS) is 10.1. The predicted molar refractivity (Wildman–Crippen MR) is 76.6 cm³/mol. The Kier molecular flexibility index (Phi) is 4.20. The van der Waals surface area contributed by atoms with Crippen molar-refractivity contribution < 1.29 is 13.9 Å². The molecular weight excluding hydrogens is 259 g/mol. The number of rotatable bonds is 5. The van der Waals surface area contributed by atoms with Gasteiger partial charge in [-0.1, -0.05) is 12.1 Å². The third-order valence-corrected chi connectivity index (χ3v) is 2.86. The van der Waals surface area contributed by atoms with Crippen LogP contribution in [0.2, 0.25) is 0 Å². The number of benzene rings is 2. The summed E-state index contributed by atoms with van der Waals surface area (Å²) in [7, 11) is 1.51. The summed E-state index contributed by atoms with van der Waals surface area (Å²) >= 11 is 0. The minimum Gasteiger partial charge on any atom is -0.495 e. The molecule has 0 bridgehead atoms. The molecule has 4 nitrogen and oxygen atoms in total. The summed E-state index contributed by atoms with van der Waals surface area (Å²) in [6, 6.07) is 11.0. The second-order valence-corrected chi connectivity index (χ2v) is 4.21. The standard InChI is InChI=1S/C15H15FN2O2/c1-20-15-7-6-10(8-12(15)17)14(19)9-18-13-5-3-2-4-11(13)16/h2-8,18H,9,17H2,1H3. The fraction of sp³-hybridized carbons (Fsp3) is 0.133. The number of carbonyl (C=O) groups is 1. The number of methoxy groups -OCH3 is 1. The van der Waals surface area contributed by atoms with Gasteiger partial charge in [0.25, 0.3) is 0 Å². The lowest BCUT2D eigenvalue weighted by Gasteiger charge is -2.08. The number of ether oxygens (including phenoxy) is 1. The molecule has 2 aromatic carbocycles. The van der Waals surface area contributed by atoms with Crippen molar-refractivity contribution in [2.24, 2.45) is 0 Å². The van der Waals surface area contributed by atoms with Gasteiger partial charge in [-0.25, -0.2) is 4.39 Å². The molecule has 0 aromatic heterocycles. The minimum absolute atomic E-state index is 0.00724. The highest BCUT2D eigenvalue weighted by atomic mass is 19.1. The second-order valence-electron chi connectivity index (χ2n) is 4.21. The Morgan fingerprint density at radius 3 is 2.70 bits per heavy atom. The predicted octanol–water partition coefficient (Wildman–Crippen LogP) is 2.71. The Hall–Kier alpha value is -2.56. The van der Waals surface area contributed by atoms with Crippen molar-refractivity contribution in [3.05, 3.63) is 53.8 Å².